The van der Waals surface area contributed by atoms with E-state index in [1.807, 2.05) is 24.0 Å². The maximum Gasteiger partial charge on any atom is 0.236 e. The second-order valence-electron chi connectivity index (χ2n) is 6.90. The number of carbonyl (C=O) groups is 2. The van der Waals surface area contributed by atoms with E-state index in [9.17, 15) is 9.59 Å². The Morgan fingerprint density at radius 2 is 1.96 bits per heavy atom. The van der Waals surface area contributed by atoms with Crippen molar-refractivity contribution < 1.29 is 9.59 Å². The van der Waals surface area contributed by atoms with Crippen LogP contribution >= 0.6 is 11.8 Å². The van der Waals surface area contributed by atoms with Crippen molar-refractivity contribution in [3.8, 4) is 0 Å². The number of benzene rings is 1. The van der Waals surface area contributed by atoms with Gasteiger partial charge in [-0.3, -0.25) is 14.5 Å². The Kier molecular flexibility index (Phi) is 6.02. The zero-order chi connectivity index (χ0) is 17.8. The molecule has 6 heteroatoms. The summed E-state index contributed by atoms with van der Waals surface area (Å²) in [6.45, 7) is 7.47. The molecule has 2 atom stereocenters. The first kappa shape index (κ1) is 18.3. The molecule has 136 valence electrons. The van der Waals surface area contributed by atoms with Gasteiger partial charge in [0.05, 0.1) is 11.8 Å². The van der Waals surface area contributed by atoms with Gasteiger partial charge >= 0.3 is 0 Å². The number of rotatable bonds is 5. The van der Waals surface area contributed by atoms with Crippen LogP contribution in [0.25, 0.3) is 0 Å². The monoisotopic (exact) mass is 361 g/mol. The van der Waals surface area contributed by atoms with E-state index in [0.29, 0.717) is 19.6 Å². The molecule has 0 bridgehead atoms. The van der Waals surface area contributed by atoms with E-state index in [2.05, 4.69) is 29.3 Å². The SMILES string of the molecule is CCC(C)NC(=O)CN1CCN(C(=O)C2Cc3ccccc3S2)CC1. The lowest BCUT2D eigenvalue weighted by molar-refractivity contribution is -0.132. The average Bonchev–Trinajstić information content (AvgIpc) is 3.05. The molecule has 0 spiro atoms. The van der Waals surface area contributed by atoms with E-state index >= 15 is 0 Å². The van der Waals surface area contributed by atoms with Crippen LogP contribution in [0.1, 0.15) is 25.8 Å². The molecule has 2 aliphatic heterocycles. The first-order valence-corrected chi connectivity index (χ1v) is 10.00. The van der Waals surface area contributed by atoms with Crippen molar-refractivity contribution >= 4 is 23.6 Å². The molecule has 2 amide bonds. The van der Waals surface area contributed by atoms with Crippen molar-refractivity contribution in [2.75, 3.05) is 32.7 Å². The van der Waals surface area contributed by atoms with Crippen molar-refractivity contribution in [2.45, 2.75) is 42.9 Å². The first-order valence-electron chi connectivity index (χ1n) is 9.12. The third kappa shape index (κ3) is 4.55. The molecule has 3 rings (SSSR count). The molecule has 1 aromatic rings. The Hall–Kier alpha value is -1.53. The van der Waals surface area contributed by atoms with Gasteiger partial charge in [0, 0.05) is 37.1 Å². The highest BCUT2D eigenvalue weighted by atomic mass is 32.2. The van der Waals surface area contributed by atoms with Crippen molar-refractivity contribution in [1.82, 2.24) is 15.1 Å². The maximum absolute atomic E-state index is 12.8. The predicted molar refractivity (Wildman–Crippen MR) is 101 cm³/mol. The van der Waals surface area contributed by atoms with E-state index in [1.165, 1.54) is 10.5 Å². The molecule has 2 aliphatic rings. The average molecular weight is 362 g/mol. The Morgan fingerprint density at radius 1 is 1.24 bits per heavy atom. The zero-order valence-electron chi connectivity index (χ0n) is 15.0. The molecule has 1 aromatic carbocycles. The van der Waals surface area contributed by atoms with Crippen LogP contribution in [0.3, 0.4) is 0 Å². The van der Waals surface area contributed by atoms with Crippen molar-refractivity contribution in [2.24, 2.45) is 0 Å². The summed E-state index contributed by atoms with van der Waals surface area (Å²) in [5.41, 5.74) is 1.28. The Labute approximate surface area is 154 Å². The molecule has 1 fully saturated rings. The topological polar surface area (TPSA) is 52.7 Å². The Balaban J connectivity index is 1.45. The number of carbonyl (C=O) groups excluding carboxylic acids is 2. The zero-order valence-corrected chi connectivity index (χ0v) is 15.8. The molecule has 0 aromatic heterocycles. The highest BCUT2D eigenvalue weighted by Crippen LogP contribution is 2.37. The maximum atomic E-state index is 12.8. The highest BCUT2D eigenvalue weighted by molar-refractivity contribution is 8.01. The van der Waals surface area contributed by atoms with Crippen LogP contribution in [0.5, 0.6) is 0 Å². The third-order valence-corrected chi connectivity index (χ3v) is 6.30. The van der Waals surface area contributed by atoms with Crippen LogP contribution in [0.2, 0.25) is 0 Å². The molecule has 0 saturated carbocycles. The fourth-order valence-corrected chi connectivity index (χ4v) is 4.55. The van der Waals surface area contributed by atoms with E-state index < -0.39 is 0 Å². The summed E-state index contributed by atoms with van der Waals surface area (Å²) in [4.78, 5) is 30.1. The molecule has 2 unspecified atom stereocenters. The summed E-state index contributed by atoms with van der Waals surface area (Å²) in [5, 5.41) is 3.01. The number of nitrogens with zero attached hydrogens (tertiary/aromatic N) is 2. The quantitative estimate of drug-likeness (QED) is 0.868. The van der Waals surface area contributed by atoms with Gasteiger partial charge in [-0.2, -0.15) is 0 Å². The minimum atomic E-state index is 0.0117. The molecular weight excluding hydrogens is 334 g/mol. The molecule has 0 aliphatic carbocycles. The van der Waals surface area contributed by atoms with Gasteiger partial charge in [-0.25, -0.2) is 0 Å². The Bertz CT molecular complexity index is 604. The van der Waals surface area contributed by atoms with Crippen LogP contribution in [0.15, 0.2) is 29.2 Å². The summed E-state index contributed by atoms with van der Waals surface area (Å²) < 4.78 is 0. The van der Waals surface area contributed by atoms with Gasteiger partial charge in [0.2, 0.25) is 11.8 Å². The van der Waals surface area contributed by atoms with Crippen molar-refractivity contribution in [1.29, 1.82) is 0 Å². The van der Waals surface area contributed by atoms with E-state index in [1.54, 1.807) is 11.8 Å². The molecule has 5 nitrogen and oxygen atoms in total. The lowest BCUT2D eigenvalue weighted by Gasteiger charge is -2.35. The number of piperazine rings is 1. The van der Waals surface area contributed by atoms with Crippen LogP contribution in [-0.4, -0.2) is 65.6 Å². The fraction of sp³-hybridized carbons (Fsp3) is 0.579. The third-order valence-electron chi connectivity index (χ3n) is 4.99. The second-order valence-corrected chi connectivity index (χ2v) is 8.14. The van der Waals surface area contributed by atoms with Gasteiger partial charge in [-0.1, -0.05) is 25.1 Å². The predicted octanol–water partition coefficient (Wildman–Crippen LogP) is 1.76. The summed E-state index contributed by atoms with van der Waals surface area (Å²) >= 11 is 1.69. The minimum Gasteiger partial charge on any atom is -0.353 e. The van der Waals surface area contributed by atoms with Gasteiger partial charge in [0.1, 0.15) is 0 Å². The van der Waals surface area contributed by atoms with E-state index in [-0.39, 0.29) is 23.1 Å². The first-order chi connectivity index (χ1) is 12.1. The number of hydrogen-bond donors (Lipinski definition) is 1. The van der Waals surface area contributed by atoms with E-state index in [0.717, 1.165) is 25.9 Å². The molecule has 1 saturated heterocycles. The molecule has 2 heterocycles. The number of hydrogen-bond acceptors (Lipinski definition) is 4. The van der Waals surface area contributed by atoms with Gasteiger partial charge in [-0.05, 0) is 31.4 Å². The van der Waals surface area contributed by atoms with E-state index in [4.69, 9.17) is 0 Å². The van der Waals surface area contributed by atoms with Crippen LogP contribution in [0, 0.1) is 0 Å². The van der Waals surface area contributed by atoms with Crippen molar-refractivity contribution in [3.63, 3.8) is 0 Å². The standard InChI is InChI=1S/C19H27N3O2S/c1-3-14(2)20-18(23)13-21-8-10-22(11-9-21)19(24)17-12-15-6-4-5-7-16(15)25-17/h4-7,14,17H,3,8-13H2,1-2H3,(H,20,23). The van der Waals surface area contributed by atoms with Crippen LogP contribution in [0.4, 0.5) is 0 Å². The molecule has 25 heavy (non-hydrogen) atoms. The molecule has 0 radical (unpaired) electrons. The summed E-state index contributed by atoms with van der Waals surface area (Å²) in [6, 6.07) is 8.50. The van der Waals surface area contributed by atoms with Crippen LogP contribution in [-0.2, 0) is 16.0 Å². The van der Waals surface area contributed by atoms with Gasteiger partial charge in [0.15, 0.2) is 0 Å². The highest BCUT2D eigenvalue weighted by Gasteiger charge is 2.32. The van der Waals surface area contributed by atoms with Crippen LogP contribution < -0.4 is 5.32 Å². The normalized spacial score (nSPS) is 21.7. The largest absolute Gasteiger partial charge is 0.353 e. The van der Waals surface area contributed by atoms with Crippen molar-refractivity contribution in [3.05, 3.63) is 29.8 Å². The molecular formula is C19H27N3O2S. The summed E-state index contributed by atoms with van der Waals surface area (Å²) in [6.07, 6.45) is 1.77. The Morgan fingerprint density at radius 3 is 2.64 bits per heavy atom. The van der Waals surface area contributed by atoms with Gasteiger partial charge < -0.3 is 10.2 Å². The lowest BCUT2D eigenvalue weighted by Crippen LogP contribution is -2.53. The summed E-state index contributed by atoms with van der Waals surface area (Å²) in [7, 11) is 0. The number of fused-ring (bicyclic) bond motifs is 1. The minimum absolute atomic E-state index is 0.0117. The smallest absolute Gasteiger partial charge is 0.236 e. The fourth-order valence-electron chi connectivity index (χ4n) is 3.28. The lowest BCUT2D eigenvalue weighted by atomic mass is 10.1. The summed E-state index contributed by atoms with van der Waals surface area (Å²) in [5.74, 6) is 0.320. The number of nitrogens with one attached hydrogen (secondary N) is 1. The number of amides is 2. The molecule has 1 N–H and O–H groups in total. The second kappa shape index (κ2) is 8.23. The van der Waals surface area contributed by atoms with Gasteiger partial charge in [-0.15, -0.1) is 11.8 Å². The number of thioether (sulfide) groups is 1. The van der Waals surface area contributed by atoms with Gasteiger partial charge in [0.25, 0.3) is 0 Å².